The molecule has 0 aliphatic rings. The van der Waals surface area contributed by atoms with Crippen LogP contribution in [0.5, 0.6) is 0 Å². The summed E-state index contributed by atoms with van der Waals surface area (Å²) in [6.07, 6.45) is 0.409. The molecule has 0 saturated heterocycles. The Morgan fingerprint density at radius 1 is 1.13 bits per heavy atom. The molecule has 2 nitrogen and oxygen atoms in total. The minimum Gasteiger partial charge on any atom is -0.396 e. The first kappa shape index (κ1) is 12.2. The quantitative estimate of drug-likeness (QED) is 0.780. The van der Waals surface area contributed by atoms with Crippen molar-refractivity contribution >= 4 is 0 Å². The topological polar surface area (TPSA) is 40.5 Å². The molecule has 1 rings (SSSR count). The van der Waals surface area contributed by atoms with Crippen LogP contribution in [0.15, 0.2) is 30.3 Å². The average molecular weight is 208 g/mol. The lowest BCUT2D eigenvalue weighted by atomic mass is 9.89. The summed E-state index contributed by atoms with van der Waals surface area (Å²) in [5.41, 5.74) is 0.954. The van der Waals surface area contributed by atoms with Gasteiger partial charge in [0.05, 0.1) is 6.10 Å². The molecule has 0 bridgehead atoms. The minimum absolute atomic E-state index is 0.176. The van der Waals surface area contributed by atoms with Gasteiger partial charge in [-0.3, -0.25) is 0 Å². The molecule has 3 unspecified atom stereocenters. The Balaban J connectivity index is 2.57. The molecular weight excluding hydrogens is 188 g/mol. The normalized spacial score (nSPS) is 17.1. The Labute approximate surface area is 91.6 Å². The second-order valence-electron chi connectivity index (χ2n) is 4.36. The van der Waals surface area contributed by atoms with Crippen LogP contribution in [-0.4, -0.2) is 16.8 Å². The lowest BCUT2D eigenvalue weighted by molar-refractivity contribution is 0.0941. The molecule has 0 aliphatic heterocycles. The van der Waals surface area contributed by atoms with Gasteiger partial charge in [-0.1, -0.05) is 44.2 Å². The first-order valence-corrected chi connectivity index (χ1v) is 5.49. The largest absolute Gasteiger partial charge is 0.396 e. The second kappa shape index (κ2) is 5.89. The number of rotatable bonds is 5. The van der Waals surface area contributed by atoms with Gasteiger partial charge in [0.2, 0.25) is 0 Å². The van der Waals surface area contributed by atoms with E-state index in [-0.39, 0.29) is 18.4 Å². The van der Waals surface area contributed by atoms with Crippen LogP contribution in [0.2, 0.25) is 0 Å². The summed E-state index contributed by atoms with van der Waals surface area (Å²) in [6, 6.07) is 9.67. The Morgan fingerprint density at radius 3 is 2.27 bits per heavy atom. The van der Waals surface area contributed by atoms with Gasteiger partial charge in [-0.25, -0.2) is 0 Å². The first-order chi connectivity index (χ1) is 7.15. The fourth-order valence-corrected chi connectivity index (χ4v) is 1.82. The average Bonchev–Trinajstić information content (AvgIpc) is 2.29. The number of aliphatic hydroxyl groups is 2. The van der Waals surface area contributed by atoms with Crippen LogP contribution in [0.25, 0.3) is 0 Å². The van der Waals surface area contributed by atoms with E-state index in [1.54, 1.807) is 0 Å². The van der Waals surface area contributed by atoms with Gasteiger partial charge in [-0.2, -0.15) is 0 Å². The molecule has 0 spiro atoms. The van der Waals surface area contributed by atoms with E-state index in [1.165, 1.54) is 0 Å². The molecule has 0 fully saturated rings. The molecular formula is C13H20O2. The lowest BCUT2D eigenvalue weighted by Gasteiger charge is -2.21. The van der Waals surface area contributed by atoms with E-state index in [2.05, 4.69) is 0 Å². The monoisotopic (exact) mass is 208 g/mol. The molecule has 0 amide bonds. The van der Waals surface area contributed by atoms with E-state index < -0.39 is 6.10 Å². The van der Waals surface area contributed by atoms with E-state index >= 15 is 0 Å². The highest BCUT2D eigenvalue weighted by atomic mass is 16.3. The Hall–Kier alpha value is -0.860. The maximum atomic E-state index is 10.1. The SMILES string of the molecule is CC(CO)CC(C)C(O)c1ccccc1. The van der Waals surface area contributed by atoms with E-state index in [0.29, 0.717) is 0 Å². The van der Waals surface area contributed by atoms with Crippen LogP contribution in [0.4, 0.5) is 0 Å². The molecule has 2 heteroatoms. The van der Waals surface area contributed by atoms with Crippen molar-refractivity contribution in [2.75, 3.05) is 6.61 Å². The smallest absolute Gasteiger partial charge is 0.0815 e. The molecule has 3 atom stereocenters. The Kier molecular flexibility index (Phi) is 4.79. The third kappa shape index (κ3) is 3.65. The third-order valence-corrected chi connectivity index (χ3v) is 2.77. The van der Waals surface area contributed by atoms with Gasteiger partial charge < -0.3 is 10.2 Å². The van der Waals surface area contributed by atoms with Crippen molar-refractivity contribution in [3.8, 4) is 0 Å². The van der Waals surface area contributed by atoms with Gasteiger partial charge in [0.25, 0.3) is 0 Å². The highest BCUT2D eigenvalue weighted by Crippen LogP contribution is 2.26. The zero-order valence-corrected chi connectivity index (χ0v) is 9.43. The summed E-state index contributed by atoms with van der Waals surface area (Å²) in [7, 11) is 0. The van der Waals surface area contributed by atoms with Crippen molar-refractivity contribution in [2.24, 2.45) is 11.8 Å². The summed E-state index contributed by atoms with van der Waals surface area (Å²) in [5.74, 6) is 0.424. The first-order valence-electron chi connectivity index (χ1n) is 5.49. The predicted molar refractivity (Wildman–Crippen MR) is 61.4 cm³/mol. The maximum Gasteiger partial charge on any atom is 0.0815 e. The summed E-state index contributed by atoms with van der Waals surface area (Å²) in [6.45, 7) is 4.20. The van der Waals surface area contributed by atoms with Crippen LogP contribution < -0.4 is 0 Å². The molecule has 84 valence electrons. The molecule has 0 aromatic heterocycles. The molecule has 1 aromatic carbocycles. The van der Waals surface area contributed by atoms with Crippen molar-refractivity contribution in [1.82, 2.24) is 0 Å². The Bertz CT molecular complexity index is 271. The van der Waals surface area contributed by atoms with Gasteiger partial charge in [-0.15, -0.1) is 0 Å². The van der Waals surface area contributed by atoms with Crippen LogP contribution in [-0.2, 0) is 0 Å². The second-order valence-corrected chi connectivity index (χ2v) is 4.36. The number of hydrogen-bond acceptors (Lipinski definition) is 2. The van der Waals surface area contributed by atoms with Crippen LogP contribution in [0, 0.1) is 11.8 Å². The van der Waals surface area contributed by atoms with Gasteiger partial charge in [0, 0.05) is 6.61 Å². The summed E-state index contributed by atoms with van der Waals surface area (Å²) in [4.78, 5) is 0. The molecule has 0 heterocycles. The van der Waals surface area contributed by atoms with Crippen molar-refractivity contribution in [1.29, 1.82) is 0 Å². The summed E-state index contributed by atoms with van der Waals surface area (Å²) in [5, 5.41) is 19.0. The van der Waals surface area contributed by atoms with Crippen LogP contribution in [0.1, 0.15) is 31.9 Å². The molecule has 0 aliphatic carbocycles. The number of benzene rings is 1. The zero-order chi connectivity index (χ0) is 11.3. The van der Waals surface area contributed by atoms with E-state index in [4.69, 9.17) is 5.11 Å². The predicted octanol–water partition coefficient (Wildman–Crippen LogP) is 2.37. The fraction of sp³-hybridized carbons (Fsp3) is 0.538. The number of aliphatic hydroxyl groups excluding tert-OH is 2. The van der Waals surface area contributed by atoms with E-state index in [0.717, 1.165) is 12.0 Å². The molecule has 0 radical (unpaired) electrons. The summed E-state index contributed by atoms with van der Waals surface area (Å²) >= 11 is 0. The van der Waals surface area contributed by atoms with E-state index in [1.807, 2.05) is 44.2 Å². The molecule has 0 saturated carbocycles. The van der Waals surface area contributed by atoms with Gasteiger partial charge in [0.1, 0.15) is 0 Å². The van der Waals surface area contributed by atoms with Gasteiger partial charge in [-0.05, 0) is 23.8 Å². The van der Waals surface area contributed by atoms with Crippen LogP contribution >= 0.6 is 0 Å². The lowest BCUT2D eigenvalue weighted by Crippen LogP contribution is -2.14. The Morgan fingerprint density at radius 2 is 1.73 bits per heavy atom. The molecule has 15 heavy (non-hydrogen) atoms. The van der Waals surface area contributed by atoms with Crippen molar-refractivity contribution in [3.05, 3.63) is 35.9 Å². The fourth-order valence-electron chi connectivity index (χ4n) is 1.82. The highest BCUT2D eigenvalue weighted by molar-refractivity contribution is 5.17. The number of hydrogen-bond donors (Lipinski definition) is 2. The molecule has 2 N–H and O–H groups in total. The van der Waals surface area contributed by atoms with Crippen molar-refractivity contribution < 1.29 is 10.2 Å². The van der Waals surface area contributed by atoms with Crippen molar-refractivity contribution in [3.63, 3.8) is 0 Å². The third-order valence-electron chi connectivity index (χ3n) is 2.77. The van der Waals surface area contributed by atoms with Gasteiger partial charge in [0.15, 0.2) is 0 Å². The van der Waals surface area contributed by atoms with Gasteiger partial charge >= 0.3 is 0 Å². The molecule has 1 aromatic rings. The summed E-state index contributed by atoms with van der Waals surface area (Å²) < 4.78 is 0. The van der Waals surface area contributed by atoms with Crippen LogP contribution in [0.3, 0.4) is 0 Å². The van der Waals surface area contributed by atoms with Crippen molar-refractivity contribution in [2.45, 2.75) is 26.4 Å². The zero-order valence-electron chi connectivity index (χ0n) is 9.43. The maximum absolute atomic E-state index is 10.1. The highest BCUT2D eigenvalue weighted by Gasteiger charge is 2.18. The standard InChI is InChI=1S/C13H20O2/c1-10(9-14)8-11(2)13(15)12-6-4-3-5-7-12/h3-7,10-11,13-15H,8-9H2,1-2H3. The minimum atomic E-state index is -0.430. The van der Waals surface area contributed by atoms with E-state index in [9.17, 15) is 5.11 Å².